The highest BCUT2D eigenvalue weighted by Gasteiger charge is 2.08. The average Bonchev–Trinajstić information content (AvgIpc) is 2.38. The zero-order valence-corrected chi connectivity index (χ0v) is 11.2. The summed E-state index contributed by atoms with van der Waals surface area (Å²) in [5.74, 6) is -0.00792. The van der Waals surface area contributed by atoms with Crippen LogP contribution in [-0.2, 0) is 4.74 Å². The van der Waals surface area contributed by atoms with Crippen molar-refractivity contribution in [3.63, 3.8) is 0 Å². The first-order valence-electron chi connectivity index (χ1n) is 5.78. The normalized spacial score (nSPS) is 10.2. The molecule has 0 aliphatic heterocycles. The van der Waals surface area contributed by atoms with Crippen LogP contribution in [0, 0.1) is 0 Å². The number of carbonyl (C=O) groups is 1. The molecule has 0 heterocycles. The molecule has 0 aromatic heterocycles. The standard InChI is InChI=1S/C13H19NO2S/c1-3-16-10-6-9-14-13(15)11-7-4-5-8-12(11)17-2/h4-5,7-8H,3,6,9-10H2,1-2H3,(H,14,15). The van der Waals surface area contributed by atoms with Crippen LogP contribution in [0.25, 0.3) is 0 Å². The predicted octanol–water partition coefficient (Wildman–Crippen LogP) is 2.56. The van der Waals surface area contributed by atoms with Crippen LogP contribution in [0.5, 0.6) is 0 Å². The smallest absolute Gasteiger partial charge is 0.252 e. The van der Waals surface area contributed by atoms with E-state index in [0.717, 1.165) is 23.5 Å². The summed E-state index contributed by atoms with van der Waals surface area (Å²) in [4.78, 5) is 12.9. The van der Waals surface area contributed by atoms with Gasteiger partial charge in [-0.25, -0.2) is 0 Å². The van der Waals surface area contributed by atoms with Crippen LogP contribution in [0.2, 0.25) is 0 Å². The Hall–Kier alpha value is -1.00. The lowest BCUT2D eigenvalue weighted by Crippen LogP contribution is -2.25. The van der Waals surface area contributed by atoms with E-state index in [9.17, 15) is 4.79 Å². The number of benzene rings is 1. The summed E-state index contributed by atoms with van der Waals surface area (Å²) >= 11 is 1.59. The number of hydrogen-bond donors (Lipinski definition) is 1. The lowest BCUT2D eigenvalue weighted by Gasteiger charge is -2.08. The van der Waals surface area contributed by atoms with Crippen molar-refractivity contribution in [2.24, 2.45) is 0 Å². The van der Waals surface area contributed by atoms with E-state index in [-0.39, 0.29) is 5.91 Å². The summed E-state index contributed by atoms with van der Waals surface area (Å²) in [7, 11) is 0. The monoisotopic (exact) mass is 253 g/mol. The van der Waals surface area contributed by atoms with Gasteiger partial charge in [-0.15, -0.1) is 11.8 Å². The summed E-state index contributed by atoms with van der Waals surface area (Å²) in [5, 5.41) is 2.90. The molecule has 17 heavy (non-hydrogen) atoms. The van der Waals surface area contributed by atoms with Gasteiger partial charge in [0.25, 0.3) is 5.91 Å². The van der Waals surface area contributed by atoms with Crippen LogP contribution < -0.4 is 5.32 Å². The van der Waals surface area contributed by atoms with Gasteiger partial charge in [-0.3, -0.25) is 4.79 Å². The summed E-state index contributed by atoms with van der Waals surface area (Å²) in [6.45, 7) is 4.04. The molecule has 1 aromatic rings. The number of hydrogen-bond acceptors (Lipinski definition) is 3. The highest BCUT2D eigenvalue weighted by molar-refractivity contribution is 7.98. The Kier molecular flexibility index (Phi) is 6.74. The number of thioether (sulfide) groups is 1. The lowest BCUT2D eigenvalue weighted by molar-refractivity contribution is 0.0941. The molecule has 4 heteroatoms. The topological polar surface area (TPSA) is 38.3 Å². The molecule has 1 aromatic carbocycles. The van der Waals surface area contributed by atoms with E-state index in [4.69, 9.17) is 4.74 Å². The fourth-order valence-electron chi connectivity index (χ4n) is 1.45. The quantitative estimate of drug-likeness (QED) is 0.599. The average molecular weight is 253 g/mol. The van der Waals surface area contributed by atoms with Crippen LogP contribution in [0.15, 0.2) is 29.2 Å². The molecule has 0 unspecified atom stereocenters. The number of carbonyl (C=O) groups excluding carboxylic acids is 1. The van der Waals surface area contributed by atoms with Gasteiger partial charge in [0.2, 0.25) is 0 Å². The third-order valence-electron chi connectivity index (χ3n) is 2.31. The van der Waals surface area contributed by atoms with Crippen molar-refractivity contribution in [2.75, 3.05) is 26.0 Å². The minimum absolute atomic E-state index is 0.00792. The summed E-state index contributed by atoms with van der Waals surface area (Å²) in [6, 6.07) is 7.63. The maximum atomic E-state index is 11.9. The van der Waals surface area contributed by atoms with E-state index in [1.54, 1.807) is 11.8 Å². The van der Waals surface area contributed by atoms with Gasteiger partial charge in [-0.1, -0.05) is 12.1 Å². The van der Waals surface area contributed by atoms with Crippen molar-refractivity contribution in [3.8, 4) is 0 Å². The van der Waals surface area contributed by atoms with Crippen molar-refractivity contribution < 1.29 is 9.53 Å². The van der Waals surface area contributed by atoms with Crippen molar-refractivity contribution in [1.29, 1.82) is 0 Å². The van der Waals surface area contributed by atoms with Crippen LogP contribution >= 0.6 is 11.8 Å². The second-order valence-electron chi connectivity index (χ2n) is 3.51. The van der Waals surface area contributed by atoms with Crippen molar-refractivity contribution in [1.82, 2.24) is 5.32 Å². The molecule has 1 amide bonds. The maximum Gasteiger partial charge on any atom is 0.252 e. The van der Waals surface area contributed by atoms with Crippen LogP contribution in [0.1, 0.15) is 23.7 Å². The van der Waals surface area contributed by atoms with E-state index in [2.05, 4.69) is 5.32 Å². The van der Waals surface area contributed by atoms with Crippen LogP contribution in [0.3, 0.4) is 0 Å². The molecule has 0 fully saturated rings. The SMILES string of the molecule is CCOCCCNC(=O)c1ccccc1SC. The second kappa shape index (κ2) is 8.14. The summed E-state index contributed by atoms with van der Waals surface area (Å²) in [5.41, 5.74) is 0.747. The second-order valence-corrected chi connectivity index (χ2v) is 4.35. The zero-order valence-electron chi connectivity index (χ0n) is 10.4. The first-order valence-corrected chi connectivity index (χ1v) is 7.01. The third-order valence-corrected chi connectivity index (χ3v) is 3.10. The third kappa shape index (κ3) is 4.79. The molecule has 0 aliphatic carbocycles. The highest BCUT2D eigenvalue weighted by atomic mass is 32.2. The number of nitrogens with one attached hydrogen (secondary N) is 1. The Labute approximate surface area is 107 Å². The Balaban J connectivity index is 2.41. The van der Waals surface area contributed by atoms with Gasteiger partial charge in [-0.05, 0) is 31.7 Å². The first-order chi connectivity index (χ1) is 8.29. The molecule has 3 nitrogen and oxygen atoms in total. The zero-order chi connectivity index (χ0) is 12.5. The van der Waals surface area contributed by atoms with Gasteiger partial charge < -0.3 is 10.1 Å². The van der Waals surface area contributed by atoms with E-state index in [0.29, 0.717) is 13.2 Å². The molecule has 0 bridgehead atoms. The highest BCUT2D eigenvalue weighted by Crippen LogP contribution is 2.19. The minimum Gasteiger partial charge on any atom is -0.382 e. The molecule has 1 rings (SSSR count). The molecule has 0 spiro atoms. The van der Waals surface area contributed by atoms with Gasteiger partial charge in [0.15, 0.2) is 0 Å². The fourth-order valence-corrected chi connectivity index (χ4v) is 2.04. The van der Waals surface area contributed by atoms with Gasteiger partial charge in [0, 0.05) is 24.7 Å². The van der Waals surface area contributed by atoms with Crippen molar-refractivity contribution >= 4 is 17.7 Å². The Morgan fingerprint density at radius 2 is 2.18 bits per heavy atom. The Morgan fingerprint density at radius 1 is 1.41 bits per heavy atom. The number of rotatable bonds is 7. The molecular formula is C13H19NO2S. The number of amides is 1. The first kappa shape index (κ1) is 14.1. The van der Waals surface area contributed by atoms with E-state index < -0.39 is 0 Å². The Morgan fingerprint density at radius 3 is 2.88 bits per heavy atom. The van der Waals surface area contributed by atoms with Gasteiger partial charge in [-0.2, -0.15) is 0 Å². The van der Waals surface area contributed by atoms with Crippen LogP contribution in [0.4, 0.5) is 0 Å². The number of ether oxygens (including phenoxy) is 1. The van der Waals surface area contributed by atoms with E-state index in [1.807, 2.05) is 37.4 Å². The fraction of sp³-hybridized carbons (Fsp3) is 0.462. The van der Waals surface area contributed by atoms with Crippen molar-refractivity contribution in [2.45, 2.75) is 18.2 Å². The van der Waals surface area contributed by atoms with Gasteiger partial charge >= 0.3 is 0 Å². The molecule has 0 saturated carbocycles. The van der Waals surface area contributed by atoms with E-state index >= 15 is 0 Å². The van der Waals surface area contributed by atoms with Crippen molar-refractivity contribution in [3.05, 3.63) is 29.8 Å². The molecule has 0 atom stereocenters. The predicted molar refractivity (Wildman–Crippen MR) is 71.7 cm³/mol. The molecule has 94 valence electrons. The lowest BCUT2D eigenvalue weighted by atomic mass is 10.2. The summed E-state index contributed by atoms with van der Waals surface area (Å²) in [6.07, 6.45) is 2.82. The molecule has 0 saturated heterocycles. The summed E-state index contributed by atoms with van der Waals surface area (Å²) < 4.78 is 5.21. The van der Waals surface area contributed by atoms with Gasteiger partial charge in [0.05, 0.1) is 5.56 Å². The largest absolute Gasteiger partial charge is 0.382 e. The molecule has 0 aliphatic rings. The Bertz CT molecular complexity index is 355. The molecule has 1 N–H and O–H groups in total. The molecule has 0 radical (unpaired) electrons. The van der Waals surface area contributed by atoms with Gasteiger partial charge in [0.1, 0.15) is 0 Å². The maximum absolute atomic E-state index is 11.9. The van der Waals surface area contributed by atoms with E-state index in [1.165, 1.54) is 0 Å². The van der Waals surface area contributed by atoms with Crippen LogP contribution in [-0.4, -0.2) is 31.9 Å². The minimum atomic E-state index is -0.00792. The molecular weight excluding hydrogens is 234 g/mol.